The summed E-state index contributed by atoms with van der Waals surface area (Å²) in [7, 11) is 0. The second-order valence-corrected chi connectivity index (χ2v) is 17.3. The number of ether oxygens (including phenoxy) is 1. The zero-order chi connectivity index (χ0) is 47.1. The van der Waals surface area contributed by atoms with Gasteiger partial charge in [-0.25, -0.2) is 0 Å². The minimum atomic E-state index is -8.64. The van der Waals surface area contributed by atoms with E-state index in [2.05, 4.69) is 13.8 Å². The van der Waals surface area contributed by atoms with Gasteiger partial charge in [0.2, 0.25) is 0 Å². The standard InChI is InChI=1S/C41H67F17O2S/c1-3-5-7-9-11-13-15-16-18-20-22-24-26-32(25-23-21-19-17-14-12-10-8-6-4-2)29-60-30-33(59)31-61-28-27-34(42,43)35(44,45)36(46,47)37(48,49)38(50,51)39(52,53)40(54,55)41(56,57)58/h32-33,59H,3-31H2,1-2H3. The van der Waals surface area contributed by atoms with Crippen LogP contribution in [-0.2, 0) is 4.74 Å². The van der Waals surface area contributed by atoms with E-state index in [4.69, 9.17) is 4.74 Å². The van der Waals surface area contributed by atoms with Gasteiger partial charge in [-0.3, -0.25) is 0 Å². The van der Waals surface area contributed by atoms with E-state index in [1.165, 1.54) is 89.9 Å². The number of hydrogen-bond acceptors (Lipinski definition) is 3. The van der Waals surface area contributed by atoms with E-state index in [-0.39, 0.29) is 30.9 Å². The van der Waals surface area contributed by atoms with E-state index >= 15 is 0 Å². The summed E-state index contributed by atoms with van der Waals surface area (Å²) in [4.78, 5) is 0. The molecule has 0 heterocycles. The van der Waals surface area contributed by atoms with Crippen molar-refractivity contribution in [1.29, 1.82) is 0 Å². The van der Waals surface area contributed by atoms with Crippen LogP contribution in [0.3, 0.4) is 0 Å². The van der Waals surface area contributed by atoms with Gasteiger partial charge in [-0.2, -0.15) is 86.4 Å². The van der Waals surface area contributed by atoms with Crippen LogP contribution in [-0.4, -0.2) is 83.6 Å². The van der Waals surface area contributed by atoms with Crippen LogP contribution in [0.15, 0.2) is 0 Å². The van der Waals surface area contributed by atoms with Crippen LogP contribution >= 0.6 is 11.8 Å². The minimum absolute atomic E-state index is 0.129. The van der Waals surface area contributed by atoms with Crippen LogP contribution in [0.1, 0.15) is 174 Å². The van der Waals surface area contributed by atoms with E-state index in [0.717, 1.165) is 64.2 Å². The number of halogens is 17. The molecule has 0 aromatic rings. The first-order chi connectivity index (χ1) is 28.1. The molecule has 0 aliphatic rings. The summed E-state index contributed by atoms with van der Waals surface area (Å²) < 4.78 is 236. The molecule has 61 heavy (non-hydrogen) atoms. The predicted octanol–water partition coefficient (Wildman–Crippen LogP) is 16.5. The number of alkyl halides is 17. The highest BCUT2D eigenvalue weighted by atomic mass is 32.2. The molecule has 0 bridgehead atoms. The molecular weight excluding hydrogens is 879 g/mol. The quantitative estimate of drug-likeness (QED) is 0.0492. The van der Waals surface area contributed by atoms with Gasteiger partial charge in [0.25, 0.3) is 0 Å². The minimum Gasteiger partial charge on any atom is -0.390 e. The topological polar surface area (TPSA) is 29.5 Å². The van der Waals surface area contributed by atoms with Crippen molar-refractivity contribution in [2.75, 3.05) is 24.7 Å². The fourth-order valence-corrected chi connectivity index (χ4v) is 7.63. The average Bonchev–Trinajstić information content (AvgIpc) is 3.16. The monoisotopic (exact) mass is 946 g/mol. The van der Waals surface area contributed by atoms with Crippen LogP contribution in [0.25, 0.3) is 0 Å². The third-order valence-electron chi connectivity index (χ3n) is 10.8. The fraction of sp³-hybridized carbons (Fsp3) is 1.00. The number of aliphatic hydroxyl groups excluding tert-OH is 1. The molecule has 20 heteroatoms. The first kappa shape index (κ1) is 60.1. The van der Waals surface area contributed by atoms with E-state index in [1.807, 2.05) is 0 Å². The molecule has 0 radical (unpaired) electrons. The van der Waals surface area contributed by atoms with Gasteiger partial charge in [-0.15, -0.1) is 0 Å². The summed E-state index contributed by atoms with van der Waals surface area (Å²) in [5, 5.41) is 10.2. The molecular formula is C41H67F17O2S. The summed E-state index contributed by atoms with van der Waals surface area (Å²) in [6, 6.07) is 0. The van der Waals surface area contributed by atoms with Crippen LogP contribution in [0.4, 0.5) is 74.6 Å². The average molecular weight is 947 g/mol. The summed E-state index contributed by atoms with van der Waals surface area (Å²) in [6.07, 6.45) is 15.5. The van der Waals surface area contributed by atoms with Gasteiger partial charge in [0.1, 0.15) is 0 Å². The maximum atomic E-state index is 14.2. The Balaban J connectivity index is 5.12. The normalized spacial score (nSPS) is 15.1. The number of unbranched alkanes of at least 4 members (excludes halogenated alkanes) is 20. The Kier molecular flexibility index (Phi) is 27.8. The maximum Gasteiger partial charge on any atom is 0.460 e. The Bertz CT molecular complexity index is 1120. The van der Waals surface area contributed by atoms with Crippen molar-refractivity contribution in [2.24, 2.45) is 5.92 Å². The lowest BCUT2D eigenvalue weighted by molar-refractivity contribution is -0.461. The van der Waals surface area contributed by atoms with Crippen molar-refractivity contribution in [3.63, 3.8) is 0 Å². The lowest BCUT2D eigenvalue weighted by Gasteiger charge is -2.42. The van der Waals surface area contributed by atoms with E-state index in [9.17, 15) is 79.7 Å². The largest absolute Gasteiger partial charge is 0.460 e. The molecule has 0 aliphatic heterocycles. The van der Waals surface area contributed by atoms with E-state index < -0.39 is 71.7 Å². The molecule has 368 valence electrons. The molecule has 0 spiro atoms. The second-order valence-electron chi connectivity index (χ2n) is 16.2. The van der Waals surface area contributed by atoms with Crippen molar-refractivity contribution in [2.45, 2.75) is 228 Å². The summed E-state index contributed by atoms with van der Waals surface area (Å²) in [6.45, 7) is 4.19. The van der Waals surface area contributed by atoms with Crippen molar-refractivity contribution in [3.05, 3.63) is 0 Å². The zero-order valence-corrected chi connectivity index (χ0v) is 36.2. The maximum absolute atomic E-state index is 14.2. The first-order valence-corrected chi connectivity index (χ1v) is 22.8. The highest BCUT2D eigenvalue weighted by molar-refractivity contribution is 7.99. The summed E-state index contributed by atoms with van der Waals surface area (Å²) >= 11 is 0.188. The first-order valence-electron chi connectivity index (χ1n) is 21.7. The Morgan fingerprint density at radius 3 is 1.07 bits per heavy atom. The molecule has 0 aromatic heterocycles. The van der Waals surface area contributed by atoms with Crippen LogP contribution in [0, 0.1) is 5.92 Å². The number of thioether (sulfide) groups is 1. The van der Waals surface area contributed by atoms with E-state index in [1.54, 1.807) is 0 Å². The van der Waals surface area contributed by atoms with Crippen molar-refractivity contribution >= 4 is 11.8 Å². The van der Waals surface area contributed by atoms with Crippen molar-refractivity contribution in [3.8, 4) is 0 Å². The van der Waals surface area contributed by atoms with Crippen molar-refractivity contribution < 1.29 is 84.5 Å². The molecule has 0 aromatic carbocycles. The number of rotatable bonds is 39. The second kappa shape index (κ2) is 28.2. The fourth-order valence-electron chi connectivity index (χ4n) is 6.70. The molecule has 0 fully saturated rings. The molecule has 0 aliphatic carbocycles. The van der Waals surface area contributed by atoms with Crippen LogP contribution < -0.4 is 0 Å². The van der Waals surface area contributed by atoms with Gasteiger partial charge in [0, 0.05) is 18.8 Å². The Morgan fingerprint density at radius 1 is 0.410 bits per heavy atom. The zero-order valence-electron chi connectivity index (χ0n) is 35.3. The van der Waals surface area contributed by atoms with Gasteiger partial charge in [0.05, 0.1) is 12.7 Å². The molecule has 2 unspecified atom stereocenters. The molecule has 0 saturated carbocycles. The van der Waals surface area contributed by atoms with Gasteiger partial charge in [-0.05, 0) is 24.5 Å². The Labute approximate surface area is 354 Å². The van der Waals surface area contributed by atoms with Crippen molar-refractivity contribution in [1.82, 2.24) is 0 Å². The predicted molar refractivity (Wildman–Crippen MR) is 205 cm³/mol. The van der Waals surface area contributed by atoms with Crippen LogP contribution in [0.2, 0.25) is 0 Å². The molecule has 0 rings (SSSR count). The third-order valence-corrected chi connectivity index (χ3v) is 11.9. The molecule has 0 saturated heterocycles. The van der Waals surface area contributed by atoms with Gasteiger partial charge >= 0.3 is 47.6 Å². The van der Waals surface area contributed by atoms with Crippen LogP contribution in [0.5, 0.6) is 0 Å². The Morgan fingerprint density at radius 2 is 0.721 bits per heavy atom. The van der Waals surface area contributed by atoms with Gasteiger partial charge in [-0.1, -0.05) is 155 Å². The SMILES string of the molecule is CCCCCCCCCCCCCCC(CCCCCCCCCCCC)COCC(O)CSCCC(F)(F)C(F)(F)C(F)(F)C(F)(F)C(F)(F)C(F)(F)C(F)(F)C(F)(F)F. The highest BCUT2D eigenvalue weighted by Crippen LogP contribution is 2.64. The number of aliphatic hydroxyl groups is 1. The molecule has 2 atom stereocenters. The van der Waals surface area contributed by atoms with E-state index in [0.29, 0.717) is 0 Å². The lowest BCUT2D eigenvalue weighted by Crippen LogP contribution is -2.74. The molecule has 1 N–H and O–H groups in total. The summed E-state index contributed by atoms with van der Waals surface area (Å²) in [5.74, 6) is -58.1. The molecule has 2 nitrogen and oxygen atoms in total. The lowest BCUT2D eigenvalue weighted by atomic mass is 9.88. The number of hydrogen-bond donors (Lipinski definition) is 1. The van der Waals surface area contributed by atoms with Gasteiger partial charge in [0.15, 0.2) is 0 Å². The highest BCUT2D eigenvalue weighted by Gasteiger charge is 2.95. The smallest absolute Gasteiger partial charge is 0.390 e. The molecule has 0 amide bonds. The van der Waals surface area contributed by atoms with Gasteiger partial charge < -0.3 is 9.84 Å². The summed E-state index contributed by atoms with van der Waals surface area (Å²) in [5.41, 5.74) is 0. The third kappa shape index (κ3) is 18.5. The Hall–Kier alpha value is -0.920.